The van der Waals surface area contributed by atoms with Gasteiger partial charge in [0.05, 0.1) is 23.4 Å². The van der Waals surface area contributed by atoms with Gasteiger partial charge in [0.2, 0.25) is 5.91 Å². The number of hydrogen-bond acceptors (Lipinski definition) is 3. The average molecular weight is 347 g/mol. The number of imidazole rings is 1. The minimum absolute atomic E-state index is 0.0149. The number of likely N-dealkylation sites (N-methyl/N-ethyl adjacent to an activating group) is 1. The maximum absolute atomic E-state index is 13.1. The zero-order chi connectivity index (χ0) is 18.3. The van der Waals surface area contributed by atoms with Crippen molar-refractivity contribution in [3.63, 3.8) is 0 Å². The van der Waals surface area contributed by atoms with E-state index in [2.05, 4.69) is 4.98 Å². The van der Waals surface area contributed by atoms with Crippen LogP contribution in [0.5, 0.6) is 0 Å². The quantitative estimate of drug-likeness (QED) is 0.544. The molecule has 0 fully saturated rings. The second-order valence-electron chi connectivity index (χ2n) is 6.63. The van der Waals surface area contributed by atoms with E-state index < -0.39 is 0 Å². The van der Waals surface area contributed by atoms with Crippen molar-refractivity contribution in [2.45, 2.75) is 25.9 Å². The summed E-state index contributed by atoms with van der Waals surface area (Å²) in [6.07, 6.45) is 1.73. The maximum Gasteiger partial charge on any atom is 0.245 e. The molecule has 0 saturated carbocycles. The molecular weight excluding hydrogens is 326 g/mol. The summed E-state index contributed by atoms with van der Waals surface area (Å²) in [5.74, 6) is 0.797. The Labute approximate surface area is 151 Å². The Kier molecular flexibility index (Phi) is 3.99. The molecule has 5 nitrogen and oxygen atoms in total. The molecule has 4 rings (SSSR count). The van der Waals surface area contributed by atoms with Gasteiger partial charge in [0.1, 0.15) is 17.4 Å². The van der Waals surface area contributed by atoms with Gasteiger partial charge in [-0.15, -0.1) is 0 Å². The van der Waals surface area contributed by atoms with E-state index in [0.29, 0.717) is 0 Å². The van der Waals surface area contributed by atoms with Crippen molar-refractivity contribution in [2.24, 2.45) is 0 Å². The number of amides is 1. The van der Waals surface area contributed by atoms with Gasteiger partial charge in [-0.2, -0.15) is 0 Å². The van der Waals surface area contributed by atoms with Crippen LogP contribution in [0.15, 0.2) is 65.3 Å². The van der Waals surface area contributed by atoms with Gasteiger partial charge in [0.25, 0.3) is 0 Å². The smallest absolute Gasteiger partial charge is 0.245 e. The predicted octanol–water partition coefficient (Wildman–Crippen LogP) is 4.56. The lowest BCUT2D eigenvalue weighted by atomic mass is 10.1. The van der Waals surface area contributed by atoms with E-state index in [1.165, 1.54) is 0 Å². The van der Waals surface area contributed by atoms with Crippen molar-refractivity contribution in [3.05, 3.63) is 66.7 Å². The summed E-state index contributed by atoms with van der Waals surface area (Å²) >= 11 is 0. The zero-order valence-electron chi connectivity index (χ0n) is 15.1. The highest BCUT2D eigenvalue weighted by atomic mass is 16.3. The molecule has 2 unspecified atom stereocenters. The van der Waals surface area contributed by atoms with Gasteiger partial charge in [0, 0.05) is 12.4 Å². The second-order valence-corrected chi connectivity index (χ2v) is 6.63. The van der Waals surface area contributed by atoms with E-state index >= 15 is 0 Å². The van der Waals surface area contributed by atoms with E-state index in [-0.39, 0.29) is 18.0 Å². The number of para-hydroxylation sites is 3. The Balaban J connectivity index is 1.60. The highest BCUT2D eigenvalue weighted by Gasteiger charge is 2.26. The zero-order valence-corrected chi connectivity index (χ0v) is 15.1. The van der Waals surface area contributed by atoms with Gasteiger partial charge in [-0.05, 0) is 38.1 Å². The van der Waals surface area contributed by atoms with E-state index in [1.54, 1.807) is 11.2 Å². The summed E-state index contributed by atoms with van der Waals surface area (Å²) in [5, 5.41) is 1.05. The molecule has 0 spiro atoms. The molecule has 0 radical (unpaired) electrons. The average Bonchev–Trinajstić information content (AvgIpc) is 3.29. The van der Waals surface area contributed by atoms with Crippen LogP contribution in [0.2, 0.25) is 0 Å². The monoisotopic (exact) mass is 347 g/mol. The number of fused-ring (bicyclic) bond motifs is 2. The number of hydrogen-bond donors (Lipinski definition) is 0. The number of carbonyl (C=O) groups is 1. The van der Waals surface area contributed by atoms with Crippen LogP contribution in [0.25, 0.3) is 22.0 Å². The van der Waals surface area contributed by atoms with Crippen LogP contribution in [0.4, 0.5) is 0 Å². The van der Waals surface area contributed by atoms with Gasteiger partial charge in [-0.3, -0.25) is 4.79 Å². The van der Waals surface area contributed by atoms with Crippen LogP contribution in [0.3, 0.4) is 0 Å². The van der Waals surface area contributed by atoms with Crippen molar-refractivity contribution in [2.75, 3.05) is 7.05 Å². The molecule has 2 heterocycles. The highest BCUT2D eigenvalue weighted by Crippen LogP contribution is 2.28. The third-order valence-corrected chi connectivity index (χ3v) is 5.04. The fourth-order valence-corrected chi connectivity index (χ4v) is 3.29. The molecule has 4 aromatic rings. The summed E-state index contributed by atoms with van der Waals surface area (Å²) in [7, 11) is 1.82. The first-order valence-corrected chi connectivity index (χ1v) is 8.73. The Morgan fingerprint density at radius 1 is 1.12 bits per heavy atom. The summed E-state index contributed by atoms with van der Waals surface area (Å²) < 4.78 is 7.84. The van der Waals surface area contributed by atoms with Crippen LogP contribution >= 0.6 is 0 Å². The molecule has 0 N–H and O–H groups in total. The lowest BCUT2D eigenvalue weighted by Gasteiger charge is -2.27. The van der Waals surface area contributed by atoms with Crippen LogP contribution in [0, 0.1) is 0 Å². The van der Waals surface area contributed by atoms with Crippen LogP contribution in [-0.4, -0.2) is 27.4 Å². The SMILES string of the molecule is CC(c1cc2ccccc2o1)N(C)C(=O)C(C)n1cnc2ccccc21. The topological polar surface area (TPSA) is 51.3 Å². The summed E-state index contributed by atoms with van der Waals surface area (Å²) in [4.78, 5) is 19.2. The largest absolute Gasteiger partial charge is 0.459 e. The number of aromatic nitrogens is 2. The third-order valence-electron chi connectivity index (χ3n) is 5.04. The number of nitrogens with zero attached hydrogens (tertiary/aromatic N) is 3. The molecule has 0 aliphatic carbocycles. The summed E-state index contributed by atoms with van der Waals surface area (Å²) in [6, 6.07) is 17.2. The second kappa shape index (κ2) is 6.33. The Morgan fingerprint density at radius 2 is 1.85 bits per heavy atom. The van der Waals surface area contributed by atoms with E-state index in [1.807, 2.05) is 80.1 Å². The molecule has 26 heavy (non-hydrogen) atoms. The number of furan rings is 1. The molecular formula is C21H21N3O2. The first-order valence-electron chi connectivity index (χ1n) is 8.73. The van der Waals surface area contributed by atoms with Gasteiger partial charge < -0.3 is 13.9 Å². The van der Waals surface area contributed by atoms with Gasteiger partial charge >= 0.3 is 0 Å². The highest BCUT2D eigenvalue weighted by molar-refractivity contribution is 5.84. The molecule has 5 heteroatoms. The number of benzene rings is 2. The van der Waals surface area contributed by atoms with Crippen LogP contribution < -0.4 is 0 Å². The molecule has 2 aromatic heterocycles. The lowest BCUT2D eigenvalue weighted by Crippen LogP contribution is -2.34. The fourth-order valence-electron chi connectivity index (χ4n) is 3.29. The van der Waals surface area contributed by atoms with Crippen molar-refractivity contribution in [3.8, 4) is 0 Å². The fraction of sp³-hybridized carbons (Fsp3) is 0.238. The standard InChI is InChI=1S/C21H21N3O2/c1-14(20-12-16-8-4-7-11-19(16)26-20)23(3)21(25)15(2)24-13-22-17-9-5-6-10-18(17)24/h4-15H,1-3H3. The molecule has 2 atom stereocenters. The Morgan fingerprint density at radius 3 is 2.65 bits per heavy atom. The first-order chi connectivity index (χ1) is 12.6. The molecule has 0 saturated heterocycles. The maximum atomic E-state index is 13.1. The molecule has 0 aliphatic heterocycles. The van der Waals surface area contributed by atoms with E-state index in [9.17, 15) is 4.79 Å². The normalized spacial score (nSPS) is 13.8. The summed E-state index contributed by atoms with van der Waals surface area (Å²) in [5.41, 5.74) is 2.68. The van der Waals surface area contributed by atoms with Gasteiger partial charge in [0.15, 0.2) is 0 Å². The molecule has 0 aliphatic rings. The first kappa shape index (κ1) is 16.4. The van der Waals surface area contributed by atoms with Crippen LogP contribution in [0.1, 0.15) is 31.7 Å². The minimum Gasteiger partial charge on any atom is -0.459 e. The van der Waals surface area contributed by atoms with Crippen molar-refractivity contribution in [1.29, 1.82) is 0 Å². The van der Waals surface area contributed by atoms with Crippen molar-refractivity contribution >= 4 is 27.9 Å². The van der Waals surface area contributed by atoms with Crippen LogP contribution in [-0.2, 0) is 4.79 Å². The molecule has 1 amide bonds. The predicted molar refractivity (Wildman–Crippen MR) is 102 cm³/mol. The molecule has 132 valence electrons. The van der Waals surface area contributed by atoms with E-state index in [0.717, 1.165) is 27.8 Å². The van der Waals surface area contributed by atoms with Crippen molar-refractivity contribution < 1.29 is 9.21 Å². The van der Waals surface area contributed by atoms with E-state index in [4.69, 9.17) is 4.42 Å². The minimum atomic E-state index is -0.348. The number of carbonyl (C=O) groups excluding carboxylic acids is 1. The van der Waals surface area contributed by atoms with Gasteiger partial charge in [-0.1, -0.05) is 30.3 Å². The molecule has 2 aromatic carbocycles. The Bertz CT molecular complexity index is 1050. The van der Waals surface area contributed by atoms with Crippen molar-refractivity contribution in [1.82, 2.24) is 14.5 Å². The lowest BCUT2D eigenvalue weighted by molar-refractivity contribution is -0.135. The third kappa shape index (κ3) is 2.65. The summed E-state index contributed by atoms with van der Waals surface area (Å²) in [6.45, 7) is 3.88. The molecule has 0 bridgehead atoms. The van der Waals surface area contributed by atoms with Gasteiger partial charge in [-0.25, -0.2) is 4.98 Å². The Hall–Kier alpha value is -3.08. The number of rotatable bonds is 4.